The summed E-state index contributed by atoms with van der Waals surface area (Å²) >= 11 is 1.56. The van der Waals surface area contributed by atoms with Crippen LogP contribution >= 0.6 is 11.3 Å². The maximum Gasteiger partial charge on any atom is 0.233 e. The van der Waals surface area contributed by atoms with E-state index in [1.165, 1.54) is 5.56 Å². The summed E-state index contributed by atoms with van der Waals surface area (Å²) < 4.78 is 6.30. The van der Waals surface area contributed by atoms with E-state index in [9.17, 15) is 4.79 Å². The standard InChI is InChI=1S/C24H22N2O2S/c1-17-8-13-21-22(14-17)29-24(25-21)26(16-19-6-4-3-5-7-19)23(27)15-18-9-11-20(28-2)12-10-18/h3-14H,15-16H2,1-2H3. The Balaban J connectivity index is 1.65. The molecule has 1 heterocycles. The van der Waals surface area contributed by atoms with E-state index in [-0.39, 0.29) is 5.91 Å². The van der Waals surface area contributed by atoms with E-state index in [0.29, 0.717) is 13.0 Å². The van der Waals surface area contributed by atoms with Crippen LogP contribution in [0.2, 0.25) is 0 Å². The summed E-state index contributed by atoms with van der Waals surface area (Å²) in [7, 11) is 1.64. The van der Waals surface area contributed by atoms with Gasteiger partial charge in [0.15, 0.2) is 5.13 Å². The Labute approximate surface area is 174 Å². The van der Waals surface area contributed by atoms with E-state index in [1.54, 1.807) is 23.3 Å². The molecule has 4 nitrogen and oxygen atoms in total. The van der Waals surface area contributed by atoms with Gasteiger partial charge in [0.25, 0.3) is 0 Å². The number of aromatic nitrogens is 1. The van der Waals surface area contributed by atoms with Crippen molar-refractivity contribution in [1.82, 2.24) is 4.98 Å². The zero-order chi connectivity index (χ0) is 20.2. The number of benzene rings is 3. The lowest BCUT2D eigenvalue weighted by molar-refractivity contribution is -0.118. The molecule has 0 aliphatic carbocycles. The Bertz CT molecular complexity index is 1120. The Morgan fingerprint density at radius 1 is 1.00 bits per heavy atom. The third-order valence-electron chi connectivity index (χ3n) is 4.76. The Morgan fingerprint density at radius 3 is 2.48 bits per heavy atom. The molecule has 5 heteroatoms. The molecule has 0 atom stereocenters. The molecule has 3 aromatic carbocycles. The van der Waals surface area contributed by atoms with E-state index in [1.807, 2.05) is 66.7 Å². The van der Waals surface area contributed by atoms with E-state index >= 15 is 0 Å². The molecule has 0 aliphatic rings. The van der Waals surface area contributed by atoms with Gasteiger partial charge in [-0.1, -0.05) is 59.9 Å². The normalized spacial score (nSPS) is 10.8. The molecule has 0 fully saturated rings. The van der Waals surface area contributed by atoms with Crippen LogP contribution in [0.3, 0.4) is 0 Å². The first-order chi connectivity index (χ1) is 14.1. The van der Waals surface area contributed by atoms with Crippen LogP contribution in [0.5, 0.6) is 5.75 Å². The van der Waals surface area contributed by atoms with Crippen molar-refractivity contribution in [2.24, 2.45) is 0 Å². The van der Waals surface area contributed by atoms with Crippen molar-refractivity contribution in [2.75, 3.05) is 12.0 Å². The second-order valence-corrected chi connectivity index (χ2v) is 7.97. The minimum atomic E-state index is 0.0230. The van der Waals surface area contributed by atoms with Crippen LogP contribution in [0, 0.1) is 6.92 Å². The van der Waals surface area contributed by atoms with Crippen molar-refractivity contribution in [2.45, 2.75) is 19.9 Å². The van der Waals surface area contributed by atoms with Gasteiger partial charge in [0, 0.05) is 0 Å². The summed E-state index contributed by atoms with van der Waals surface area (Å²) in [6.45, 7) is 2.56. The van der Waals surface area contributed by atoms with Crippen LogP contribution in [-0.4, -0.2) is 18.0 Å². The van der Waals surface area contributed by atoms with Gasteiger partial charge < -0.3 is 4.74 Å². The SMILES string of the molecule is COc1ccc(CC(=O)N(Cc2ccccc2)c2nc3ccc(C)cc3s2)cc1. The Kier molecular flexibility index (Phi) is 5.58. The summed E-state index contributed by atoms with van der Waals surface area (Å²) in [5, 5.41) is 0.730. The maximum atomic E-state index is 13.3. The topological polar surface area (TPSA) is 42.4 Å². The Morgan fingerprint density at radius 2 is 1.76 bits per heavy atom. The number of fused-ring (bicyclic) bond motifs is 1. The third kappa shape index (κ3) is 4.46. The number of carbonyl (C=O) groups is 1. The molecule has 0 saturated heterocycles. The zero-order valence-electron chi connectivity index (χ0n) is 16.5. The molecule has 1 amide bonds. The smallest absolute Gasteiger partial charge is 0.233 e. The molecular formula is C24H22N2O2S. The van der Waals surface area contributed by atoms with Crippen molar-refractivity contribution < 1.29 is 9.53 Å². The van der Waals surface area contributed by atoms with Crippen molar-refractivity contribution >= 4 is 32.6 Å². The predicted octanol–water partition coefficient (Wildman–Crippen LogP) is 5.39. The fourth-order valence-corrected chi connectivity index (χ4v) is 4.26. The molecule has 0 N–H and O–H groups in total. The number of hydrogen-bond donors (Lipinski definition) is 0. The number of aryl methyl sites for hydroxylation is 1. The molecular weight excluding hydrogens is 380 g/mol. The average Bonchev–Trinajstić information content (AvgIpc) is 3.16. The zero-order valence-corrected chi connectivity index (χ0v) is 17.3. The molecule has 4 aromatic rings. The number of carbonyl (C=O) groups excluding carboxylic acids is 1. The highest BCUT2D eigenvalue weighted by molar-refractivity contribution is 7.22. The Hall–Kier alpha value is -3.18. The molecule has 0 spiro atoms. The lowest BCUT2D eigenvalue weighted by Gasteiger charge is -2.20. The molecule has 0 saturated carbocycles. The van der Waals surface area contributed by atoms with Crippen molar-refractivity contribution in [3.8, 4) is 5.75 Å². The van der Waals surface area contributed by atoms with Crippen LogP contribution in [-0.2, 0) is 17.8 Å². The van der Waals surface area contributed by atoms with Crippen LogP contribution in [0.25, 0.3) is 10.2 Å². The lowest BCUT2D eigenvalue weighted by atomic mass is 10.1. The fraction of sp³-hybridized carbons (Fsp3) is 0.167. The highest BCUT2D eigenvalue weighted by atomic mass is 32.1. The predicted molar refractivity (Wildman–Crippen MR) is 119 cm³/mol. The number of methoxy groups -OCH3 is 1. The molecule has 29 heavy (non-hydrogen) atoms. The number of rotatable bonds is 6. The number of ether oxygens (including phenoxy) is 1. The largest absolute Gasteiger partial charge is 0.497 e. The second kappa shape index (κ2) is 8.45. The molecule has 0 radical (unpaired) electrons. The van der Waals surface area contributed by atoms with Gasteiger partial charge in [-0.3, -0.25) is 9.69 Å². The lowest BCUT2D eigenvalue weighted by Crippen LogP contribution is -2.31. The van der Waals surface area contributed by atoms with Gasteiger partial charge >= 0.3 is 0 Å². The minimum absolute atomic E-state index is 0.0230. The summed E-state index contributed by atoms with van der Waals surface area (Å²) in [5.74, 6) is 0.804. The first kappa shape index (κ1) is 19.2. The summed E-state index contributed by atoms with van der Waals surface area (Å²) in [4.78, 5) is 19.8. The molecule has 146 valence electrons. The fourth-order valence-electron chi connectivity index (χ4n) is 3.18. The maximum absolute atomic E-state index is 13.3. The number of hydrogen-bond acceptors (Lipinski definition) is 4. The summed E-state index contributed by atoms with van der Waals surface area (Å²) in [6, 6.07) is 23.8. The van der Waals surface area contributed by atoms with E-state index in [0.717, 1.165) is 32.2 Å². The van der Waals surface area contributed by atoms with Gasteiger partial charge in [0.2, 0.25) is 5.91 Å². The summed E-state index contributed by atoms with van der Waals surface area (Å²) in [6.07, 6.45) is 0.311. The van der Waals surface area contributed by atoms with E-state index in [2.05, 4.69) is 13.0 Å². The van der Waals surface area contributed by atoms with Crippen molar-refractivity contribution in [3.63, 3.8) is 0 Å². The molecule has 0 aliphatic heterocycles. The van der Waals surface area contributed by atoms with Gasteiger partial charge in [-0.05, 0) is 47.9 Å². The monoisotopic (exact) mass is 402 g/mol. The number of thiazole rings is 1. The number of nitrogens with zero attached hydrogens (tertiary/aromatic N) is 2. The van der Waals surface area contributed by atoms with E-state index < -0.39 is 0 Å². The number of amides is 1. The summed E-state index contributed by atoms with van der Waals surface area (Å²) in [5.41, 5.74) is 4.13. The number of anilines is 1. The van der Waals surface area contributed by atoms with Gasteiger partial charge in [-0.25, -0.2) is 4.98 Å². The van der Waals surface area contributed by atoms with Crippen molar-refractivity contribution in [1.29, 1.82) is 0 Å². The highest BCUT2D eigenvalue weighted by Crippen LogP contribution is 2.31. The van der Waals surface area contributed by atoms with E-state index in [4.69, 9.17) is 9.72 Å². The van der Waals surface area contributed by atoms with Crippen LogP contribution in [0.15, 0.2) is 72.8 Å². The van der Waals surface area contributed by atoms with Gasteiger partial charge in [0.1, 0.15) is 5.75 Å². The van der Waals surface area contributed by atoms with Crippen LogP contribution < -0.4 is 9.64 Å². The first-order valence-electron chi connectivity index (χ1n) is 9.47. The van der Waals surface area contributed by atoms with Crippen LogP contribution in [0.1, 0.15) is 16.7 Å². The molecule has 4 rings (SSSR count). The van der Waals surface area contributed by atoms with Crippen molar-refractivity contribution in [3.05, 3.63) is 89.5 Å². The quantitative estimate of drug-likeness (QED) is 0.434. The molecule has 1 aromatic heterocycles. The van der Waals surface area contributed by atoms with Gasteiger partial charge in [-0.15, -0.1) is 0 Å². The molecule has 0 unspecified atom stereocenters. The van der Waals surface area contributed by atoms with Gasteiger partial charge in [0.05, 0.1) is 30.3 Å². The van der Waals surface area contributed by atoms with Crippen LogP contribution in [0.4, 0.5) is 5.13 Å². The molecule has 0 bridgehead atoms. The van der Waals surface area contributed by atoms with Gasteiger partial charge in [-0.2, -0.15) is 0 Å². The second-order valence-electron chi connectivity index (χ2n) is 6.96. The minimum Gasteiger partial charge on any atom is -0.497 e. The average molecular weight is 403 g/mol. The highest BCUT2D eigenvalue weighted by Gasteiger charge is 2.20. The third-order valence-corrected chi connectivity index (χ3v) is 5.80. The first-order valence-corrected chi connectivity index (χ1v) is 10.3.